The molecule has 0 aromatic carbocycles. The minimum absolute atomic E-state index is 0.00197. The Balaban J connectivity index is 1.19. The molecule has 2 saturated heterocycles. The number of phosphoric acid groups is 1. The molecule has 4 aromatic rings. The average molecular weight is 859 g/mol. The Morgan fingerprint density at radius 3 is 2.65 bits per heavy atom. The number of phosphoric ester groups is 1. The number of imidazole rings is 2. The summed E-state index contributed by atoms with van der Waals surface area (Å²) in [5.74, 6) is -1.08. The fraction of sp³-hybridized carbons (Fsp3) is 0.633. The van der Waals surface area contributed by atoms with Gasteiger partial charge in [0.2, 0.25) is 5.95 Å². The van der Waals surface area contributed by atoms with Crippen molar-refractivity contribution in [3.8, 4) is 0 Å². The number of aliphatic hydroxyl groups is 1. The number of rotatable bonds is 9. The monoisotopic (exact) mass is 858 g/mol. The van der Waals surface area contributed by atoms with E-state index in [0.717, 1.165) is 0 Å². The van der Waals surface area contributed by atoms with Gasteiger partial charge >= 0.3 is 20.8 Å². The van der Waals surface area contributed by atoms with Crippen molar-refractivity contribution < 1.29 is 60.6 Å². The molecule has 4 fully saturated rings. The summed E-state index contributed by atoms with van der Waals surface area (Å²) in [5.41, 5.74) is 10.7. The minimum atomic E-state index is -4.56. The van der Waals surface area contributed by atoms with E-state index in [9.17, 15) is 23.8 Å². The number of nitrogens with two attached hydrogens (primary N) is 2. The third-order valence-electron chi connectivity index (χ3n) is 10.2. The number of nitrogens with zero attached hydrogens (tertiary/aromatic N) is 7. The first kappa shape index (κ1) is 40.1. The van der Waals surface area contributed by atoms with E-state index < -0.39 is 99.1 Å². The summed E-state index contributed by atoms with van der Waals surface area (Å²) in [7, 11) is -3.23. The van der Waals surface area contributed by atoms with Crippen molar-refractivity contribution in [3.05, 3.63) is 29.3 Å². The smallest absolute Gasteiger partial charge is 0.432 e. The fourth-order valence-electron chi connectivity index (χ4n) is 7.72. The van der Waals surface area contributed by atoms with Crippen LogP contribution >= 0.6 is 26.0 Å². The summed E-state index contributed by atoms with van der Waals surface area (Å²) in [6, 6.07) is -0.784. The Bertz CT molecular complexity index is 2330. The number of nitrogens with one attached hydrogen (secondary N) is 1. The van der Waals surface area contributed by atoms with E-state index in [1.165, 1.54) is 30.7 Å². The van der Waals surface area contributed by atoms with Gasteiger partial charge in [-0.1, -0.05) is 0 Å². The lowest BCUT2D eigenvalue weighted by molar-refractivity contribution is -0.0612. The molecule has 2 bridgehead atoms. The number of ether oxygens (including phenoxy) is 4. The lowest BCUT2D eigenvalue weighted by atomic mass is 10.0. The van der Waals surface area contributed by atoms with E-state index in [1.54, 1.807) is 25.3 Å². The number of methoxy groups -OCH3 is 1. The average Bonchev–Trinajstić information content (AvgIpc) is 3.44. The zero-order chi connectivity index (χ0) is 40.4. The molecule has 4 aromatic heterocycles. The largest absolute Gasteiger partial charge is 0.509 e. The van der Waals surface area contributed by atoms with Gasteiger partial charge < -0.3 is 40.1 Å². The van der Waals surface area contributed by atoms with E-state index >= 15 is 0 Å². The van der Waals surface area contributed by atoms with Crippen LogP contribution in [0.4, 0.5) is 16.6 Å². The number of H-pyrrole nitrogens is 1. The highest BCUT2D eigenvalue weighted by Gasteiger charge is 2.74. The second-order valence-corrected chi connectivity index (χ2v) is 19.5. The van der Waals surface area contributed by atoms with Crippen LogP contribution in [0.1, 0.15) is 39.5 Å². The molecule has 310 valence electrons. The Morgan fingerprint density at radius 2 is 1.89 bits per heavy atom. The highest BCUT2D eigenvalue weighted by molar-refractivity contribution is 8.55. The van der Waals surface area contributed by atoms with Gasteiger partial charge in [-0.15, -0.1) is 0 Å². The maximum atomic E-state index is 14.9. The second-order valence-electron chi connectivity index (χ2n) is 13.9. The Kier molecular flexibility index (Phi) is 10.6. The van der Waals surface area contributed by atoms with Gasteiger partial charge in [-0.05, 0) is 33.1 Å². The van der Waals surface area contributed by atoms with E-state index in [-0.39, 0.29) is 36.1 Å². The molecule has 2 aliphatic carbocycles. The number of anilines is 2. The van der Waals surface area contributed by atoms with Crippen LogP contribution in [-0.4, -0.2) is 120 Å². The van der Waals surface area contributed by atoms with Crippen molar-refractivity contribution in [3.63, 3.8) is 0 Å². The molecule has 0 radical (unpaired) electrons. The zero-order valence-electron chi connectivity index (χ0n) is 30.8. The molecule has 8 rings (SSSR count). The van der Waals surface area contributed by atoms with Crippen LogP contribution in [0.2, 0.25) is 0 Å². The molecular formula is C30H40N10O14P2S. The minimum Gasteiger partial charge on any atom is -0.432 e. The standard InChI is InChI=1S/C30H40N10O14P2S/c1-5-48-55(44)50-8-30-6-14(30)18(39-10-35-16-23(31)33-9-34-24(16)39)19(41)22(30)54-56(45,57-12-47-29(43)51-13(2)3)49-7-15-20(46-4)21(53-55)27(52-15)40-11-36-17-25(40)37-28(32)38-26(17)42/h9-11,13-15,18-22,27,41H,5-8,12H2,1-4H3,(H2,31,33,34)(H3,32,37,38,42)/t14-,15-,18-,19+,20-,21-,22+,27-,30?,55?,56?/m1/s1. The predicted octanol–water partition coefficient (Wildman–Crippen LogP) is 2.28. The van der Waals surface area contributed by atoms with Crippen LogP contribution in [0, 0.1) is 11.3 Å². The lowest BCUT2D eigenvalue weighted by Gasteiger charge is -2.32. The summed E-state index contributed by atoms with van der Waals surface area (Å²) in [5, 5.41) is 12.1. The van der Waals surface area contributed by atoms with Crippen LogP contribution in [0.3, 0.4) is 0 Å². The predicted molar refractivity (Wildman–Crippen MR) is 196 cm³/mol. The van der Waals surface area contributed by atoms with Gasteiger partial charge in [0.05, 0.1) is 44.6 Å². The van der Waals surface area contributed by atoms with Crippen LogP contribution in [0.25, 0.3) is 22.3 Å². The number of hydrogen-bond donors (Lipinski definition) is 4. The molecule has 11 atom stereocenters. The maximum Gasteiger partial charge on any atom is 0.509 e. The van der Waals surface area contributed by atoms with Gasteiger partial charge in [0, 0.05) is 23.9 Å². The molecule has 57 heavy (non-hydrogen) atoms. The molecule has 6 N–H and O–H groups in total. The molecule has 3 unspecified atom stereocenters. The topological polar surface area (TPSA) is 314 Å². The van der Waals surface area contributed by atoms with Crippen molar-refractivity contribution in [2.75, 3.05) is 44.3 Å². The number of aliphatic hydroxyl groups excluding tert-OH is 1. The van der Waals surface area contributed by atoms with Gasteiger partial charge in [-0.25, -0.2) is 33.9 Å². The molecule has 2 aliphatic heterocycles. The normalized spacial score (nSPS) is 35.3. The van der Waals surface area contributed by atoms with E-state index in [0.29, 0.717) is 29.0 Å². The van der Waals surface area contributed by atoms with Crippen LogP contribution in [-0.2, 0) is 50.7 Å². The lowest BCUT2D eigenvalue weighted by Crippen LogP contribution is -2.38. The van der Waals surface area contributed by atoms with Crippen molar-refractivity contribution in [2.45, 2.75) is 76.1 Å². The highest BCUT2D eigenvalue weighted by Crippen LogP contribution is 2.74. The number of aromatic nitrogens is 8. The van der Waals surface area contributed by atoms with Crippen LogP contribution in [0.15, 0.2) is 23.8 Å². The van der Waals surface area contributed by atoms with Crippen LogP contribution < -0.4 is 17.0 Å². The molecule has 1 spiro atoms. The zero-order valence-corrected chi connectivity index (χ0v) is 33.4. The van der Waals surface area contributed by atoms with E-state index in [1.807, 2.05) is 0 Å². The summed E-state index contributed by atoms with van der Waals surface area (Å²) < 4.78 is 85.4. The quantitative estimate of drug-likeness (QED) is 0.107. The van der Waals surface area contributed by atoms with Crippen molar-refractivity contribution >= 4 is 66.3 Å². The van der Waals surface area contributed by atoms with Gasteiger partial charge in [0.1, 0.15) is 42.4 Å². The molecular weight excluding hydrogens is 818 g/mol. The van der Waals surface area contributed by atoms with E-state index in [2.05, 4.69) is 29.9 Å². The number of nitrogen functional groups attached to an aromatic ring is 2. The molecule has 6 heterocycles. The first-order valence-corrected chi connectivity index (χ1v) is 22.3. The van der Waals surface area contributed by atoms with Gasteiger partial charge in [-0.3, -0.25) is 37.0 Å². The van der Waals surface area contributed by atoms with Crippen molar-refractivity contribution in [2.24, 2.45) is 11.3 Å². The SMILES string of the molecule is CCOP1(=O)OCC23C[C@@H]2[C@@H](n2cnc4c(N)ncnc42)[C@H](O)[C@@H]3OP(=O)(SCOC(=O)OC(C)C)OC[C@H]2O[C@@H](n3cnc4c(=O)[nH]c(N)nc43)[C@H](O1)[C@@H]2OC. The third-order valence-corrected chi connectivity index (χ3v) is 15.0. The van der Waals surface area contributed by atoms with Crippen molar-refractivity contribution in [1.29, 1.82) is 0 Å². The molecule has 24 nitrogen and oxygen atoms in total. The fourth-order valence-corrected chi connectivity index (χ4v) is 12.0. The molecule has 0 amide bonds. The summed E-state index contributed by atoms with van der Waals surface area (Å²) in [4.78, 5) is 48.4. The number of carbonyl (C=O) groups is 1. The number of carbonyl (C=O) groups excluding carboxylic acids is 1. The summed E-state index contributed by atoms with van der Waals surface area (Å²) >= 11 is 0.524. The second kappa shape index (κ2) is 15.1. The van der Waals surface area contributed by atoms with Gasteiger partial charge in [0.25, 0.3) is 5.56 Å². The Morgan fingerprint density at radius 1 is 1.12 bits per heavy atom. The van der Waals surface area contributed by atoms with Gasteiger partial charge in [0.15, 0.2) is 34.8 Å². The third kappa shape index (κ3) is 7.22. The molecule has 2 saturated carbocycles. The number of hydrogen-bond acceptors (Lipinski definition) is 22. The first-order chi connectivity index (χ1) is 27.2. The molecule has 4 aliphatic rings. The number of aromatic amines is 1. The highest BCUT2D eigenvalue weighted by atomic mass is 32.7. The summed E-state index contributed by atoms with van der Waals surface area (Å²) in [6.45, 7) is -0.635. The number of fused-ring (bicyclic) bond motifs is 4. The Labute approximate surface area is 326 Å². The maximum absolute atomic E-state index is 14.9. The van der Waals surface area contributed by atoms with Gasteiger partial charge in [-0.2, -0.15) is 4.98 Å². The molecule has 27 heteroatoms. The Hall–Kier alpha value is -3.74. The van der Waals surface area contributed by atoms with Crippen LogP contribution in [0.5, 0.6) is 0 Å². The summed E-state index contributed by atoms with van der Waals surface area (Å²) in [6.07, 6.45) is -4.78. The van der Waals surface area contributed by atoms with Crippen molar-refractivity contribution in [1.82, 2.24) is 39.0 Å². The van der Waals surface area contributed by atoms with E-state index in [4.69, 9.17) is 53.0 Å². The first-order valence-electron chi connectivity index (χ1n) is 17.7.